The van der Waals surface area contributed by atoms with Crippen LogP contribution in [0.2, 0.25) is 0 Å². The van der Waals surface area contributed by atoms with Crippen LogP contribution in [0.1, 0.15) is 11.4 Å². The topological polar surface area (TPSA) is 102 Å². The normalized spacial score (nSPS) is 11.1. The monoisotopic (exact) mass is 249 g/mol. The first kappa shape index (κ1) is 11.2. The second kappa shape index (κ2) is 3.95. The molecule has 17 heavy (non-hydrogen) atoms. The van der Waals surface area contributed by atoms with Gasteiger partial charge in [-0.1, -0.05) is 22.8 Å². The number of aryl methyl sites for hydroxylation is 1. The van der Waals surface area contributed by atoms with Gasteiger partial charge in [0.05, 0.1) is 4.90 Å². The number of aromatic nitrogens is 4. The summed E-state index contributed by atoms with van der Waals surface area (Å²) < 4.78 is 24.6. The minimum Gasteiger partial charge on any atom is -0.199 e. The molecule has 8 heteroatoms. The smallest absolute Gasteiger partial charge is 0.199 e. The Hall–Kier alpha value is -2.27. The number of rotatable bonds is 2. The van der Waals surface area contributed by atoms with Crippen LogP contribution in [-0.2, 0) is 10.0 Å². The number of hydrogen-bond donors (Lipinski definition) is 0. The Balaban J connectivity index is 2.59. The molecule has 2 aromatic rings. The zero-order valence-electron chi connectivity index (χ0n) is 8.77. The molecule has 1 heterocycles. The van der Waals surface area contributed by atoms with Crippen molar-refractivity contribution in [2.45, 2.75) is 11.8 Å². The lowest BCUT2D eigenvalue weighted by Crippen LogP contribution is -2.16. The molecule has 0 aliphatic heterocycles. The summed E-state index contributed by atoms with van der Waals surface area (Å²) in [6.07, 6.45) is 0. The summed E-state index contributed by atoms with van der Waals surface area (Å²) in [6, 6.07) is 7.80. The van der Waals surface area contributed by atoms with Crippen molar-refractivity contribution in [3.63, 3.8) is 0 Å². The Bertz CT molecular complexity index is 681. The van der Waals surface area contributed by atoms with E-state index in [4.69, 9.17) is 5.26 Å². The first-order valence-corrected chi connectivity index (χ1v) is 6.00. The van der Waals surface area contributed by atoms with Crippen LogP contribution in [0.4, 0.5) is 0 Å². The van der Waals surface area contributed by atoms with Gasteiger partial charge in [0.1, 0.15) is 6.07 Å². The van der Waals surface area contributed by atoms with E-state index in [9.17, 15) is 8.42 Å². The Morgan fingerprint density at radius 2 is 1.94 bits per heavy atom. The standard InChI is InChI=1S/C9H7N5O2S/c1-7-2-4-8(5-3-7)17(15,16)14-9(6-10)11-12-13-14/h2-5H,1H3. The van der Waals surface area contributed by atoms with E-state index < -0.39 is 10.0 Å². The third-order valence-corrected chi connectivity index (χ3v) is 3.66. The summed E-state index contributed by atoms with van der Waals surface area (Å²) in [7, 11) is -3.90. The third-order valence-electron chi connectivity index (χ3n) is 2.09. The second-order valence-corrected chi connectivity index (χ2v) is 5.04. The number of tetrazole rings is 1. The molecule has 0 fully saturated rings. The van der Waals surface area contributed by atoms with Gasteiger partial charge in [0, 0.05) is 0 Å². The molecular weight excluding hydrogens is 242 g/mol. The third kappa shape index (κ3) is 1.88. The van der Waals surface area contributed by atoms with Crippen molar-refractivity contribution in [1.82, 2.24) is 19.6 Å². The van der Waals surface area contributed by atoms with Crippen molar-refractivity contribution < 1.29 is 8.42 Å². The van der Waals surface area contributed by atoms with Gasteiger partial charge < -0.3 is 0 Å². The van der Waals surface area contributed by atoms with Crippen LogP contribution in [0.5, 0.6) is 0 Å². The fourth-order valence-corrected chi connectivity index (χ4v) is 2.33. The van der Waals surface area contributed by atoms with Crippen molar-refractivity contribution >= 4 is 10.0 Å². The van der Waals surface area contributed by atoms with Crippen molar-refractivity contribution in [3.05, 3.63) is 35.7 Å². The van der Waals surface area contributed by atoms with Gasteiger partial charge in [-0.15, -0.1) is 4.09 Å². The Labute approximate surface area is 97.4 Å². The van der Waals surface area contributed by atoms with Crippen LogP contribution < -0.4 is 0 Å². The molecule has 1 aromatic carbocycles. The molecule has 1 aromatic heterocycles. The molecular formula is C9H7N5O2S. The van der Waals surface area contributed by atoms with Gasteiger partial charge in [-0.2, -0.15) is 13.7 Å². The Morgan fingerprint density at radius 1 is 1.29 bits per heavy atom. The van der Waals surface area contributed by atoms with Gasteiger partial charge in [-0.05, 0) is 29.5 Å². The summed E-state index contributed by atoms with van der Waals surface area (Å²) in [5, 5.41) is 18.5. The van der Waals surface area contributed by atoms with E-state index in [0.29, 0.717) is 4.09 Å². The second-order valence-electron chi connectivity index (χ2n) is 3.28. The average molecular weight is 249 g/mol. The zero-order chi connectivity index (χ0) is 12.5. The van der Waals surface area contributed by atoms with Crippen LogP contribution >= 0.6 is 0 Å². The lowest BCUT2D eigenvalue weighted by Gasteiger charge is -2.03. The van der Waals surface area contributed by atoms with E-state index in [-0.39, 0.29) is 10.7 Å². The van der Waals surface area contributed by atoms with E-state index in [0.717, 1.165) is 5.56 Å². The van der Waals surface area contributed by atoms with Gasteiger partial charge in [0.25, 0.3) is 15.8 Å². The highest BCUT2D eigenvalue weighted by molar-refractivity contribution is 7.89. The molecule has 0 saturated heterocycles. The highest BCUT2D eigenvalue weighted by atomic mass is 32.2. The summed E-state index contributed by atoms with van der Waals surface area (Å²) in [4.78, 5) is 0.0342. The van der Waals surface area contributed by atoms with Crippen LogP contribution in [0.25, 0.3) is 0 Å². The summed E-state index contributed by atoms with van der Waals surface area (Å²) in [6.45, 7) is 1.84. The summed E-state index contributed by atoms with van der Waals surface area (Å²) in [5.41, 5.74) is 0.932. The van der Waals surface area contributed by atoms with Crippen molar-refractivity contribution in [1.29, 1.82) is 5.26 Å². The number of benzene rings is 1. The van der Waals surface area contributed by atoms with Crippen LogP contribution in [-0.4, -0.2) is 28.0 Å². The SMILES string of the molecule is Cc1ccc(S(=O)(=O)n2nnnc2C#N)cc1. The van der Waals surface area contributed by atoms with E-state index in [2.05, 4.69) is 15.5 Å². The summed E-state index contributed by atoms with van der Waals surface area (Å²) in [5.74, 6) is -0.370. The minimum absolute atomic E-state index is 0.0342. The Kier molecular flexibility index (Phi) is 2.61. The molecule has 0 atom stereocenters. The van der Waals surface area contributed by atoms with Gasteiger partial charge >= 0.3 is 0 Å². The largest absolute Gasteiger partial charge is 0.287 e. The van der Waals surface area contributed by atoms with Crippen molar-refractivity contribution in [3.8, 4) is 6.07 Å². The molecule has 0 saturated carbocycles. The lowest BCUT2D eigenvalue weighted by molar-refractivity contribution is 0.576. The van der Waals surface area contributed by atoms with Crippen LogP contribution in [0.3, 0.4) is 0 Å². The molecule has 0 spiro atoms. The van der Waals surface area contributed by atoms with Gasteiger partial charge in [-0.25, -0.2) is 0 Å². The number of nitrogens with zero attached hydrogens (tertiary/aromatic N) is 5. The van der Waals surface area contributed by atoms with E-state index in [1.807, 2.05) is 6.92 Å². The fourth-order valence-electron chi connectivity index (χ4n) is 1.22. The minimum atomic E-state index is -3.90. The zero-order valence-corrected chi connectivity index (χ0v) is 9.59. The fraction of sp³-hybridized carbons (Fsp3) is 0.111. The van der Waals surface area contributed by atoms with Crippen LogP contribution in [0.15, 0.2) is 29.2 Å². The number of hydrogen-bond acceptors (Lipinski definition) is 6. The maximum absolute atomic E-state index is 12.1. The van der Waals surface area contributed by atoms with Crippen molar-refractivity contribution in [2.24, 2.45) is 0 Å². The van der Waals surface area contributed by atoms with Gasteiger partial charge in [0.15, 0.2) is 0 Å². The molecule has 86 valence electrons. The van der Waals surface area contributed by atoms with Gasteiger partial charge in [0.2, 0.25) is 0 Å². The molecule has 0 unspecified atom stereocenters. The van der Waals surface area contributed by atoms with E-state index >= 15 is 0 Å². The Morgan fingerprint density at radius 3 is 2.53 bits per heavy atom. The molecule has 0 aliphatic rings. The maximum Gasteiger partial charge on any atom is 0.287 e. The molecule has 2 rings (SSSR count). The highest BCUT2D eigenvalue weighted by Gasteiger charge is 2.22. The van der Waals surface area contributed by atoms with E-state index in [1.54, 1.807) is 18.2 Å². The molecule has 0 amide bonds. The highest BCUT2D eigenvalue weighted by Crippen LogP contribution is 2.13. The lowest BCUT2D eigenvalue weighted by atomic mass is 10.2. The van der Waals surface area contributed by atoms with Crippen molar-refractivity contribution in [2.75, 3.05) is 0 Å². The summed E-state index contributed by atoms with van der Waals surface area (Å²) >= 11 is 0. The molecule has 0 N–H and O–H groups in total. The predicted octanol–water partition coefficient (Wildman–Crippen LogP) is 0.0902. The molecule has 0 aliphatic carbocycles. The maximum atomic E-state index is 12.1. The first-order chi connectivity index (χ1) is 8.05. The first-order valence-electron chi connectivity index (χ1n) is 4.56. The number of nitriles is 1. The quantitative estimate of drug-likeness (QED) is 0.747. The van der Waals surface area contributed by atoms with Gasteiger partial charge in [-0.3, -0.25) is 0 Å². The average Bonchev–Trinajstić information content (AvgIpc) is 2.78. The molecule has 7 nitrogen and oxygen atoms in total. The predicted molar refractivity (Wildman–Crippen MR) is 56.3 cm³/mol. The van der Waals surface area contributed by atoms with Crippen LogP contribution in [0, 0.1) is 18.3 Å². The molecule has 0 bridgehead atoms. The van der Waals surface area contributed by atoms with E-state index in [1.165, 1.54) is 12.1 Å². The molecule has 0 radical (unpaired) electrons.